The van der Waals surface area contributed by atoms with Gasteiger partial charge in [-0.25, -0.2) is 0 Å². The average molecular weight is 581 g/mol. The Hall–Kier alpha value is -5.98. The Balaban J connectivity index is 1.45. The Kier molecular flexibility index (Phi) is 5.38. The molecule has 0 aromatic heterocycles. The maximum Gasteiger partial charge on any atom is -0.00137 e. The van der Waals surface area contributed by atoms with E-state index in [1.807, 2.05) is 0 Å². The van der Waals surface area contributed by atoms with Crippen LogP contribution in [0, 0.1) is 0 Å². The Morgan fingerprint density at radius 1 is 0.196 bits per heavy atom. The molecule has 0 radical (unpaired) electrons. The van der Waals surface area contributed by atoms with E-state index in [1.165, 1.54) is 97.7 Å². The van der Waals surface area contributed by atoms with E-state index in [4.69, 9.17) is 0 Å². The summed E-state index contributed by atoms with van der Waals surface area (Å²) in [5, 5.41) is 18.2. The molecule has 10 aromatic rings. The van der Waals surface area contributed by atoms with Crippen LogP contribution in [0.2, 0.25) is 0 Å². The zero-order valence-corrected chi connectivity index (χ0v) is 25.2. The normalized spacial score (nSPS) is 11.9. The smallest absolute Gasteiger partial charge is 0.00137 e. The third kappa shape index (κ3) is 3.50. The van der Waals surface area contributed by atoms with Crippen molar-refractivity contribution in [1.29, 1.82) is 0 Å². The molecule has 0 N–H and O–H groups in total. The Bertz CT molecular complexity index is 2820. The van der Waals surface area contributed by atoms with Crippen LogP contribution in [-0.2, 0) is 0 Å². The van der Waals surface area contributed by atoms with Crippen molar-refractivity contribution >= 4 is 75.4 Å². The van der Waals surface area contributed by atoms with Gasteiger partial charge in [0.05, 0.1) is 0 Å². The van der Waals surface area contributed by atoms with E-state index < -0.39 is 0 Å². The number of rotatable bonds is 2. The van der Waals surface area contributed by atoms with Crippen molar-refractivity contribution in [3.05, 3.63) is 170 Å². The van der Waals surface area contributed by atoms with E-state index in [-0.39, 0.29) is 0 Å². The molecule has 0 aliphatic carbocycles. The lowest BCUT2D eigenvalue weighted by molar-refractivity contribution is 1.64. The molecule has 10 aromatic carbocycles. The first-order chi connectivity index (χ1) is 22.9. The molecule has 0 aliphatic rings. The van der Waals surface area contributed by atoms with Crippen LogP contribution in [0.3, 0.4) is 0 Å². The van der Waals surface area contributed by atoms with Crippen LogP contribution in [0.25, 0.3) is 97.7 Å². The number of benzene rings is 10. The highest BCUT2D eigenvalue weighted by molar-refractivity contribution is 6.39. The molecule has 0 bridgehead atoms. The van der Waals surface area contributed by atoms with Crippen LogP contribution in [-0.4, -0.2) is 0 Å². The Morgan fingerprint density at radius 3 is 1.00 bits per heavy atom. The fourth-order valence-electron chi connectivity index (χ4n) is 8.12. The summed E-state index contributed by atoms with van der Waals surface area (Å²) in [5.74, 6) is 0. The summed E-state index contributed by atoms with van der Waals surface area (Å²) in [6.07, 6.45) is 0. The molecule has 0 amide bonds. The van der Waals surface area contributed by atoms with E-state index in [0.717, 1.165) is 0 Å². The zero-order chi connectivity index (χ0) is 30.2. The molecular formula is C46H28. The lowest BCUT2D eigenvalue weighted by atomic mass is 9.83. The average Bonchev–Trinajstić information content (AvgIpc) is 3.14. The second-order valence-corrected chi connectivity index (χ2v) is 12.4. The molecular weight excluding hydrogens is 553 g/mol. The quantitative estimate of drug-likeness (QED) is 0.178. The van der Waals surface area contributed by atoms with E-state index in [0.29, 0.717) is 0 Å². The third-order valence-electron chi connectivity index (χ3n) is 9.99. The number of hydrogen-bond acceptors (Lipinski definition) is 0. The monoisotopic (exact) mass is 580 g/mol. The summed E-state index contributed by atoms with van der Waals surface area (Å²) in [4.78, 5) is 0. The van der Waals surface area contributed by atoms with Gasteiger partial charge in [0.25, 0.3) is 0 Å². The van der Waals surface area contributed by atoms with E-state index in [9.17, 15) is 0 Å². The van der Waals surface area contributed by atoms with Gasteiger partial charge in [0.1, 0.15) is 0 Å². The molecule has 0 heterocycles. The molecule has 10 rings (SSSR count). The van der Waals surface area contributed by atoms with Gasteiger partial charge in [-0.1, -0.05) is 164 Å². The fourth-order valence-corrected chi connectivity index (χ4v) is 8.12. The van der Waals surface area contributed by atoms with Crippen molar-refractivity contribution in [2.24, 2.45) is 0 Å². The van der Waals surface area contributed by atoms with Gasteiger partial charge in [0.15, 0.2) is 0 Å². The van der Waals surface area contributed by atoms with Crippen molar-refractivity contribution in [1.82, 2.24) is 0 Å². The number of fused-ring (bicyclic) bond motifs is 14. The van der Waals surface area contributed by atoms with Crippen molar-refractivity contribution < 1.29 is 0 Å². The fraction of sp³-hybridized carbons (Fsp3) is 0. The molecule has 0 nitrogen and oxygen atoms in total. The highest BCUT2D eigenvalue weighted by Crippen LogP contribution is 2.48. The second-order valence-electron chi connectivity index (χ2n) is 12.4. The van der Waals surface area contributed by atoms with Crippen LogP contribution in [0.5, 0.6) is 0 Å². The predicted molar refractivity (Wildman–Crippen MR) is 200 cm³/mol. The van der Waals surface area contributed by atoms with Gasteiger partial charge >= 0.3 is 0 Å². The van der Waals surface area contributed by atoms with Gasteiger partial charge in [-0.2, -0.15) is 0 Å². The van der Waals surface area contributed by atoms with Crippen molar-refractivity contribution in [3.8, 4) is 22.3 Å². The van der Waals surface area contributed by atoms with Gasteiger partial charge in [-0.15, -0.1) is 0 Å². The first kappa shape index (κ1) is 25.4. The van der Waals surface area contributed by atoms with Crippen LogP contribution in [0.1, 0.15) is 0 Å². The summed E-state index contributed by atoms with van der Waals surface area (Å²) in [6, 6.07) is 62.8. The molecule has 0 saturated carbocycles. The summed E-state index contributed by atoms with van der Waals surface area (Å²) >= 11 is 0. The molecule has 0 unspecified atom stereocenters. The molecule has 212 valence electrons. The van der Waals surface area contributed by atoms with Crippen LogP contribution >= 0.6 is 0 Å². The summed E-state index contributed by atoms with van der Waals surface area (Å²) in [6.45, 7) is 0. The van der Waals surface area contributed by atoms with Crippen molar-refractivity contribution in [2.75, 3.05) is 0 Å². The van der Waals surface area contributed by atoms with Crippen LogP contribution in [0.15, 0.2) is 170 Å². The van der Waals surface area contributed by atoms with Crippen molar-refractivity contribution in [3.63, 3.8) is 0 Å². The Labute approximate surface area is 266 Å². The zero-order valence-electron chi connectivity index (χ0n) is 25.2. The third-order valence-corrected chi connectivity index (χ3v) is 9.99. The molecule has 46 heavy (non-hydrogen) atoms. The first-order valence-corrected chi connectivity index (χ1v) is 16.0. The highest BCUT2D eigenvalue weighted by atomic mass is 14.2. The van der Waals surface area contributed by atoms with E-state index in [2.05, 4.69) is 170 Å². The van der Waals surface area contributed by atoms with Gasteiger partial charge in [-0.3, -0.25) is 0 Å². The molecule has 0 saturated heterocycles. The van der Waals surface area contributed by atoms with Crippen molar-refractivity contribution in [2.45, 2.75) is 0 Å². The Morgan fingerprint density at radius 2 is 0.522 bits per heavy atom. The molecule has 0 spiro atoms. The summed E-state index contributed by atoms with van der Waals surface area (Å²) in [7, 11) is 0. The van der Waals surface area contributed by atoms with Gasteiger partial charge in [0, 0.05) is 0 Å². The van der Waals surface area contributed by atoms with Gasteiger partial charge < -0.3 is 0 Å². The largest absolute Gasteiger partial charge is 0.0622 e. The lowest BCUT2D eigenvalue weighted by Crippen LogP contribution is -1.93. The molecule has 0 fully saturated rings. The SMILES string of the molecule is c1ccc(-c2c(-c3ccc4c5ccccc5c5c6ccccc6c6ccccc6c5c4c3)c3ccccc3c3ccccc23)cc1. The minimum absolute atomic E-state index is 1.24. The molecule has 0 aliphatic heterocycles. The van der Waals surface area contributed by atoms with Crippen LogP contribution in [0.4, 0.5) is 0 Å². The minimum Gasteiger partial charge on any atom is -0.0622 e. The van der Waals surface area contributed by atoms with E-state index in [1.54, 1.807) is 0 Å². The second kappa shape index (κ2) is 9.76. The summed E-state index contributed by atoms with van der Waals surface area (Å²) in [5.41, 5.74) is 5.05. The maximum atomic E-state index is 2.48. The topological polar surface area (TPSA) is 0 Å². The maximum absolute atomic E-state index is 2.48. The number of hydrogen-bond donors (Lipinski definition) is 0. The standard InChI is InChI=1S/C46H28/c1-2-14-29(15-3-1)43-37-21-9-4-16-31(37)32-17-5-10-22-38(32)44(43)30-26-27-36-35-20-8-12-24-40(35)45-39-23-11-6-18-33(39)34-19-7-13-25-41(34)46(45)42(36)28-30/h1-28H. The molecule has 0 heteroatoms. The van der Waals surface area contributed by atoms with Gasteiger partial charge in [-0.05, 0) is 104 Å². The first-order valence-electron chi connectivity index (χ1n) is 16.0. The van der Waals surface area contributed by atoms with Gasteiger partial charge in [0.2, 0.25) is 0 Å². The molecule has 0 atom stereocenters. The van der Waals surface area contributed by atoms with E-state index >= 15 is 0 Å². The minimum atomic E-state index is 1.24. The van der Waals surface area contributed by atoms with Crippen LogP contribution < -0.4 is 0 Å². The highest BCUT2D eigenvalue weighted by Gasteiger charge is 2.20. The predicted octanol–water partition coefficient (Wildman–Crippen LogP) is 13.1. The lowest BCUT2D eigenvalue weighted by Gasteiger charge is -2.20. The summed E-state index contributed by atoms with van der Waals surface area (Å²) < 4.78 is 0.